The number of aromatic nitrogens is 1. The summed E-state index contributed by atoms with van der Waals surface area (Å²) in [6, 6.07) is 8.38. The number of methoxy groups -OCH3 is 1. The third-order valence-corrected chi connectivity index (χ3v) is 5.00. The highest BCUT2D eigenvalue weighted by atomic mass is 35.5. The molecule has 1 amide bonds. The van der Waals surface area contributed by atoms with Gasteiger partial charge in [0.05, 0.1) is 13.7 Å². The maximum absolute atomic E-state index is 12.4. The van der Waals surface area contributed by atoms with Crippen LogP contribution in [-0.4, -0.2) is 66.7 Å². The molecule has 1 aromatic carbocycles. The van der Waals surface area contributed by atoms with Gasteiger partial charge in [0.2, 0.25) is 5.91 Å². The van der Waals surface area contributed by atoms with Gasteiger partial charge < -0.3 is 14.6 Å². The summed E-state index contributed by atoms with van der Waals surface area (Å²) in [6.07, 6.45) is 0. The molecule has 1 aliphatic rings. The number of esters is 1. The van der Waals surface area contributed by atoms with Crippen LogP contribution in [0.4, 0.5) is 5.82 Å². The molecular formula is C19H23ClN4O4. The first kappa shape index (κ1) is 20.3. The minimum Gasteiger partial charge on any atom is -0.468 e. The van der Waals surface area contributed by atoms with Crippen LogP contribution in [0.3, 0.4) is 0 Å². The topological polar surface area (TPSA) is 87.9 Å². The quantitative estimate of drug-likeness (QED) is 0.735. The SMILES string of the molecule is COC(=O)C(c1ccccc1Cl)N1CCN(CC(=O)Nc2cc(C)on2)CC1. The number of ether oxygens (including phenoxy) is 1. The van der Waals surface area contributed by atoms with Crippen molar-refractivity contribution in [3.05, 3.63) is 46.7 Å². The molecule has 1 unspecified atom stereocenters. The lowest BCUT2D eigenvalue weighted by atomic mass is 10.0. The van der Waals surface area contributed by atoms with Crippen molar-refractivity contribution < 1.29 is 18.8 Å². The number of hydrogen-bond donors (Lipinski definition) is 1. The van der Waals surface area contributed by atoms with Gasteiger partial charge in [-0.3, -0.25) is 14.6 Å². The Labute approximate surface area is 168 Å². The summed E-state index contributed by atoms with van der Waals surface area (Å²) in [7, 11) is 1.37. The molecule has 0 saturated carbocycles. The van der Waals surface area contributed by atoms with Crippen LogP contribution >= 0.6 is 11.6 Å². The van der Waals surface area contributed by atoms with Gasteiger partial charge in [0.25, 0.3) is 0 Å². The summed E-state index contributed by atoms with van der Waals surface area (Å²) in [4.78, 5) is 28.7. The number of hydrogen-bond acceptors (Lipinski definition) is 7. The number of halogens is 1. The maximum Gasteiger partial charge on any atom is 0.327 e. The number of carbonyl (C=O) groups is 2. The predicted octanol–water partition coefficient (Wildman–Crippen LogP) is 2.11. The summed E-state index contributed by atoms with van der Waals surface area (Å²) in [5.74, 6) is 0.543. The monoisotopic (exact) mass is 406 g/mol. The van der Waals surface area contributed by atoms with E-state index in [1.165, 1.54) is 7.11 Å². The first-order chi connectivity index (χ1) is 13.5. The Morgan fingerprint density at radius 1 is 1.29 bits per heavy atom. The van der Waals surface area contributed by atoms with Crippen LogP contribution in [-0.2, 0) is 14.3 Å². The van der Waals surface area contributed by atoms with Crippen molar-refractivity contribution in [3.8, 4) is 0 Å². The summed E-state index contributed by atoms with van der Waals surface area (Å²) < 4.78 is 9.94. The fraction of sp³-hybridized carbons (Fsp3) is 0.421. The van der Waals surface area contributed by atoms with Crippen LogP contribution in [0.5, 0.6) is 0 Å². The average Bonchev–Trinajstić information content (AvgIpc) is 3.09. The van der Waals surface area contributed by atoms with Crippen molar-refractivity contribution in [2.75, 3.05) is 45.2 Å². The van der Waals surface area contributed by atoms with Gasteiger partial charge in [0.1, 0.15) is 11.8 Å². The second-order valence-corrected chi connectivity index (χ2v) is 7.04. The van der Waals surface area contributed by atoms with Gasteiger partial charge in [-0.2, -0.15) is 0 Å². The lowest BCUT2D eigenvalue weighted by Gasteiger charge is -2.38. The minimum atomic E-state index is -0.562. The van der Waals surface area contributed by atoms with Gasteiger partial charge in [0, 0.05) is 37.3 Å². The molecule has 28 heavy (non-hydrogen) atoms. The van der Waals surface area contributed by atoms with E-state index in [2.05, 4.69) is 10.5 Å². The van der Waals surface area contributed by atoms with E-state index in [9.17, 15) is 9.59 Å². The third kappa shape index (κ3) is 4.89. The zero-order valence-corrected chi connectivity index (χ0v) is 16.6. The Bertz CT molecular complexity index is 833. The molecule has 0 bridgehead atoms. The van der Waals surface area contributed by atoms with Crippen molar-refractivity contribution in [1.82, 2.24) is 15.0 Å². The zero-order chi connectivity index (χ0) is 20.1. The number of piperazine rings is 1. The van der Waals surface area contributed by atoms with E-state index in [0.29, 0.717) is 42.8 Å². The largest absolute Gasteiger partial charge is 0.468 e. The second kappa shape index (κ2) is 9.18. The van der Waals surface area contributed by atoms with E-state index in [4.69, 9.17) is 20.9 Å². The average molecular weight is 407 g/mol. The molecule has 1 aliphatic heterocycles. The first-order valence-corrected chi connectivity index (χ1v) is 9.37. The van der Waals surface area contributed by atoms with Crippen LogP contribution < -0.4 is 5.32 Å². The molecule has 1 fully saturated rings. The Balaban J connectivity index is 1.59. The predicted molar refractivity (Wildman–Crippen MR) is 104 cm³/mol. The lowest BCUT2D eigenvalue weighted by Crippen LogP contribution is -2.51. The highest BCUT2D eigenvalue weighted by Crippen LogP contribution is 2.29. The summed E-state index contributed by atoms with van der Waals surface area (Å²) in [6.45, 7) is 4.52. The van der Waals surface area contributed by atoms with Gasteiger partial charge in [-0.25, -0.2) is 4.79 Å². The summed E-state index contributed by atoms with van der Waals surface area (Å²) >= 11 is 6.30. The first-order valence-electron chi connectivity index (χ1n) is 8.99. The lowest BCUT2D eigenvalue weighted by molar-refractivity contribution is -0.148. The molecular weight excluding hydrogens is 384 g/mol. The number of aryl methyl sites for hydroxylation is 1. The van der Waals surface area contributed by atoms with E-state index in [0.717, 1.165) is 5.56 Å². The molecule has 2 heterocycles. The van der Waals surface area contributed by atoms with Crippen molar-refractivity contribution in [2.45, 2.75) is 13.0 Å². The highest BCUT2D eigenvalue weighted by molar-refractivity contribution is 6.31. The third-order valence-electron chi connectivity index (χ3n) is 4.66. The second-order valence-electron chi connectivity index (χ2n) is 6.63. The van der Waals surface area contributed by atoms with Crippen molar-refractivity contribution in [3.63, 3.8) is 0 Å². The van der Waals surface area contributed by atoms with Gasteiger partial charge >= 0.3 is 5.97 Å². The molecule has 1 saturated heterocycles. The Kier molecular flexibility index (Phi) is 6.66. The van der Waals surface area contributed by atoms with Gasteiger partial charge in [0.15, 0.2) is 5.82 Å². The zero-order valence-electron chi connectivity index (χ0n) is 15.9. The fourth-order valence-corrected chi connectivity index (χ4v) is 3.51. The normalized spacial score (nSPS) is 16.5. The van der Waals surface area contributed by atoms with Crippen LogP contribution in [0.2, 0.25) is 5.02 Å². The van der Waals surface area contributed by atoms with Gasteiger partial charge in [-0.05, 0) is 18.6 Å². The molecule has 9 heteroatoms. The fourth-order valence-electron chi connectivity index (χ4n) is 3.27. The molecule has 1 N–H and O–H groups in total. The number of carbonyl (C=O) groups excluding carboxylic acids is 2. The van der Waals surface area contributed by atoms with Crippen LogP contribution in [0.1, 0.15) is 17.4 Å². The maximum atomic E-state index is 12.4. The highest BCUT2D eigenvalue weighted by Gasteiger charge is 2.32. The molecule has 8 nitrogen and oxygen atoms in total. The molecule has 0 spiro atoms. The number of nitrogens with one attached hydrogen (secondary N) is 1. The Hall–Kier alpha value is -2.42. The number of amides is 1. The molecule has 0 aliphatic carbocycles. The number of nitrogens with zero attached hydrogens (tertiary/aromatic N) is 3. The number of anilines is 1. The molecule has 0 radical (unpaired) electrons. The summed E-state index contributed by atoms with van der Waals surface area (Å²) in [5, 5.41) is 7.00. The van der Waals surface area contributed by atoms with Gasteiger partial charge in [-0.1, -0.05) is 35.0 Å². The molecule has 3 rings (SSSR count). The van der Waals surface area contributed by atoms with E-state index in [1.54, 1.807) is 19.1 Å². The standard InChI is InChI=1S/C19H23ClN4O4/c1-13-11-16(22-28-13)21-17(25)12-23-7-9-24(10-8-23)18(19(26)27-2)14-5-3-4-6-15(14)20/h3-6,11,18H,7-10,12H2,1-2H3,(H,21,22,25). The van der Waals surface area contributed by atoms with Crippen LogP contribution in [0.25, 0.3) is 0 Å². The van der Waals surface area contributed by atoms with Crippen molar-refractivity contribution in [2.24, 2.45) is 0 Å². The molecule has 1 atom stereocenters. The van der Waals surface area contributed by atoms with E-state index >= 15 is 0 Å². The van der Waals surface area contributed by atoms with Crippen LogP contribution in [0, 0.1) is 6.92 Å². The number of benzene rings is 1. The summed E-state index contributed by atoms with van der Waals surface area (Å²) in [5.41, 5.74) is 0.726. The van der Waals surface area contributed by atoms with Crippen molar-refractivity contribution >= 4 is 29.3 Å². The Morgan fingerprint density at radius 3 is 2.61 bits per heavy atom. The Morgan fingerprint density at radius 2 is 2.00 bits per heavy atom. The number of rotatable bonds is 6. The van der Waals surface area contributed by atoms with Crippen LogP contribution in [0.15, 0.2) is 34.9 Å². The molecule has 2 aromatic rings. The van der Waals surface area contributed by atoms with Gasteiger partial charge in [-0.15, -0.1) is 0 Å². The van der Waals surface area contributed by atoms with E-state index in [-0.39, 0.29) is 18.4 Å². The molecule has 150 valence electrons. The smallest absolute Gasteiger partial charge is 0.327 e. The molecule has 1 aromatic heterocycles. The van der Waals surface area contributed by atoms with E-state index < -0.39 is 6.04 Å². The van der Waals surface area contributed by atoms with Crippen molar-refractivity contribution in [1.29, 1.82) is 0 Å². The van der Waals surface area contributed by atoms with E-state index in [1.807, 2.05) is 28.0 Å². The minimum absolute atomic E-state index is 0.155.